The van der Waals surface area contributed by atoms with Gasteiger partial charge in [-0.3, -0.25) is 19.2 Å². The number of carbonyl (C=O) groups excluding carboxylic acids is 4. The van der Waals surface area contributed by atoms with Gasteiger partial charge in [-0.15, -0.1) is 0 Å². The van der Waals surface area contributed by atoms with Gasteiger partial charge < -0.3 is 18.9 Å². The molecule has 4 rings (SSSR count). The van der Waals surface area contributed by atoms with E-state index in [4.69, 9.17) is 18.9 Å². The SMILES string of the molecule is O=C(CCC(=O)OCc1cccc(-c2cccc(COC(=O)CC(=O)OCc3ccccc3)c2)c1)OCc1ccccc1. The molecule has 8 nitrogen and oxygen atoms in total. The lowest BCUT2D eigenvalue weighted by molar-refractivity contribution is -0.156. The lowest BCUT2D eigenvalue weighted by Crippen LogP contribution is -2.13. The highest BCUT2D eigenvalue weighted by molar-refractivity contribution is 5.91. The van der Waals surface area contributed by atoms with E-state index in [1.54, 1.807) is 0 Å². The fourth-order valence-electron chi connectivity index (χ4n) is 4.05. The first-order valence-corrected chi connectivity index (χ1v) is 13.8. The minimum absolute atomic E-state index is 0.00370. The van der Waals surface area contributed by atoms with Gasteiger partial charge in [0.2, 0.25) is 0 Å². The summed E-state index contributed by atoms with van der Waals surface area (Å²) in [6.45, 7) is 0.319. The molecular formula is C35H32O8. The van der Waals surface area contributed by atoms with Gasteiger partial charge in [0.25, 0.3) is 0 Å². The van der Waals surface area contributed by atoms with Crippen LogP contribution in [0.1, 0.15) is 41.5 Å². The molecule has 43 heavy (non-hydrogen) atoms. The van der Waals surface area contributed by atoms with Crippen molar-refractivity contribution in [3.8, 4) is 11.1 Å². The van der Waals surface area contributed by atoms with Crippen molar-refractivity contribution in [2.45, 2.75) is 45.7 Å². The zero-order valence-electron chi connectivity index (χ0n) is 23.6. The third kappa shape index (κ3) is 10.9. The zero-order valence-corrected chi connectivity index (χ0v) is 23.6. The Morgan fingerprint density at radius 2 is 0.744 bits per heavy atom. The fourth-order valence-corrected chi connectivity index (χ4v) is 4.05. The van der Waals surface area contributed by atoms with E-state index in [-0.39, 0.29) is 39.3 Å². The van der Waals surface area contributed by atoms with E-state index in [2.05, 4.69) is 0 Å². The second kappa shape index (κ2) is 16.3. The van der Waals surface area contributed by atoms with Crippen LogP contribution in [0.25, 0.3) is 11.1 Å². The highest BCUT2D eigenvalue weighted by Crippen LogP contribution is 2.23. The summed E-state index contributed by atoms with van der Waals surface area (Å²) in [7, 11) is 0. The number of carbonyl (C=O) groups is 4. The van der Waals surface area contributed by atoms with Crippen LogP contribution in [0, 0.1) is 0 Å². The Kier molecular flexibility index (Phi) is 11.6. The molecule has 0 atom stereocenters. The zero-order chi connectivity index (χ0) is 30.3. The van der Waals surface area contributed by atoms with E-state index >= 15 is 0 Å². The Hall–Kier alpha value is -5.24. The smallest absolute Gasteiger partial charge is 0.317 e. The van der Waals surface area contributed by atoms with Crippen LogP contribution in [-0.2, 0) is 64.6 Å². The average Bonchev–Trinajstić information content (AvgIpc) is 3.05. The molecule has 0 unspecified atom stereocenters. The molecule has 0 saturated carbocycles. The van der Waals surface area contributed by atoms with Crippen molar-refractivity contribution in [3.05, 3.63) is 131 Å². The van der Waals surface area contributed by atoms with Crippen molar-refractivity contribution < 1.29 is 38.1 Å². The molecular weight excluding hydrogens is 548 g/mol. The molecule has 0 radical (unpaired) electrons. The predicted molar refractivity (Wildman–Crippen MR) is 158 cm³/mol. The lowest BCUT2D eigenvalue weighted by Gasteiger charge is -2.10. The summed E-state index contributed by atoms with van der Waals surface area (Å²) in [6, 6.07) is 33.5. The molecule has 0 bridgehead atoms. The van der Waals surface area contributed by atoms with E-state index in [1.165, 1.54) is 0 Å². The number of benzene rings is 4. The summed E-state index contributed by atoms with van der Waals surface area (Å²) in [5, 5.41) is 0. The Balaban J connectivity index is 1.19. The Labute approximate surface area is 250 Å². The lowest BCUT2D eigenvalue weighted by atomic mass is 10.0. The number of rotatable bonds is 14. The second-order valence-electron chi connectivity index (χ2n) is 9.69. The summed E-state index contributed by atoms with van der Waals surface area (Å²) in [5.74, 6) is -2.27. The van der Waals surface area contributed by atoms with Crippen molar-refractivity contribution in [2.24, 2.45) is 0 Å². The number of esters is 4. The van der Waals surface area contributed by atoms with E-state index in [0.29, 0.717) is 0 Å². The third-order valence-corrected chi connectivity index (χ3v) is 6.29. The van der Waals surface area contributed by atoms with Crippen molar-refractivity contribution in [1.29, 1.82) is 0 Å². The topological polar surface area (TPSA) is 105 Å². The van der Waals surface area contributed by atoms with E-state index in [0.717, 1.165) is 33.4 Å². The standard InChI is InChI=1S/C35H32O8/c36-32(40-22-26-9-3-1-4-10-26)17-18-33(37)41-24-28-13-7-15-30(19-28)31-16-8-14-29(20-31)25-43-35(39)21-34(38)42-23-27-11-5-2-6-12-27/h1-16,19-20H,17-18,21-25H2. The molecule has 0 amide bonds. The summed E-state index contributed by atoms with van der Waals surface area (Å²) in [6.07, 6.45) is -0.598. The number of hydrogen-bond acceptors (Lipinski definition) is 8. The van der Waals surface area contributed by atoms with Crippen LogP contribution in [0.3, 0.4) is 0 Å². The van der Waals surface area contributed by atoms with Crippen LogP contribution in [0.15, 0.2) is 109 Å². The predicted octanol–water partition coefficient (Wildman–Crippen LogP) is 6.10. The van der Waals surface area contributed by atoms with Crippen LogP contribution < -0.4 is 0 Å². The molecule has 220 valence electrons. The van der Waals surface area contributed by atoms with Gasteiger partial charge >= 0.3 is 23.9 Å². The average molecular weight is 581 g/mol. The van der Waals surface area contributed by atoms with Crippen molar-refractivity contribution in [3.63, 3.8) is 0 Å². The maximum absolute atomic E-state index is 12.2. The van der Waals surface area contributed by atoms with Crippen molar-refractivity contribution >= 4 is 23.9 Å². The molecule has 0 spiro atoms. The third-order valence-electron chi connectivity index (χ3n) is 6.29. The van der Waals surface area contributed by atoms with E-state index in [9.17, 15) is 19.2 Å². The first kappa shape index (κ1) is 30.7. The summed E-state index contributed by atoms with van der Waals surface area (Å²) in [4.78, 5) is 48.3. The van der Waals surface area contributed by atoms with Crippen molar-refractivity contribution in [2.75, 3.05) is 0 Å². The maximum atomic E-state index is 12.2. The van der Waals surface area contributed by atoms with Gasteiger partial charge in [-0.1, -0.05) is 97.1 Å². The number of hydrogen-bond donors (Lipinski definition) is 0. The van der Waals surface area contributed by atoms with Gasteiger partial charge in [0, 0.05) is 0 Å². The van der Waals surface area contributed by atoms with Crippen LogP contribution >= 0.6 is 0 Å². The Morgan fingerprint density at radius 1 is 0.395 bits per heavy atom. The van der Waals surface area contributed by atoms with Crippen molar-refractivity contribution in [1.82, 2.24) is 0 Å². The molecule has 0 saturated heterocycles. The fraction of sp³-hybridized carbons (Fsp3) is 0.200. The molecule has 0 aliphatic heterocycles. The van der Waals surface area contributed by atoms with Gasteiger partial charge in [-0.2, -0.15) is 0 Å². The maximum Gasteiger partial charge on any atom is 0.317 e. The molecule has 0 heterocycles. The molecule has 0 aliphatic rings. The summed E-state index contributed by atoms with van der Waals surface area (Å²) in [5.41, 5.74) is 5.00. The summed E-state index contributed by atoms with van der Waals surface area (Å²) >= 11 is 0. The van der Waals surface area contributed by atoms with Gasteiger partial charge in [-0.05, 0) is 45.5 Å². The minimum Gasteiger partial charge on any atom is -0.461 e. The van der Waals surface area contributed by atoms with Gasteiger partial charge in [0.05, 0.1) is 12.8 Å². The molecule has 0 aromatic heterocycles. The van der Waals surface area contributed by atoms with Crippen LogP contribution in [0.4, 0.5) is 0 Å². The molecule has 0 N–H and O–H groups in total. The van der Waals surface area contributed by atoms with Gasteiger partial charge in [-0.25, -0.2) is 0 Å². The highest BCUT2D eigenvalue weighted by atomic mass is 16.6. The molecule has 8 heteroatoms. The molecule has 4 aromatic carbocycles. The quantitative estimate of drug-likeness (QED) is 0.100. The second-order valence-corrected chi connectivity index (χ2v) is 9.69. The minimum atomic E-state index is -0.670. The Morgan fingerprint density at radius 3 is 1.16 bits per heavy atom. The first-order valence-electron chi connectivity index (χ1n) is 13.8. The van der Waals surface area contributed by atoms with Crippen LogP contribution in [0.5, 0.6) is 0 Å². The van der Waals surface area contributed by atoms with Crippen LogP contribution in [-0.4, -0.2) is 23.9 Å². The Bertz CT molecular complexity index is 1520. The largest absolute Gasteiger partial charge is 0.461 e. The number of ether oxygens (including phenoxy) is 4. The first-order chi connectivity index (χ1) is 20.9. The van der Waals surface area contributed by atoms with Gasteiger partial charge in [0.15, 0.2) is 0 Å². The molecule has 0 aliphatic carbocycles. The normalized spacial score (nSPS) is 10.4. The summed E-state index contributed by atoms with van der Waals surface area (Å²) < 4.78 is 21.0. The molecule has 0 fully saturated rings. The monoisotopic (exact) mass is 580 g/mol. The highest BCUT2D eigenvalue weighted by Gasteiger charge is 2.13. The van der Waals surface area contributed by atoms with E-state index in [1.807, 2.05) is 109 Å². The van der Waals surface area contributed by atoms with E-state index < -0.39 is 30.3 Å². The van der Waals surface area contributed by atoms with Gasteiger partial charge in [0.1, 0.15) is 32.8 Å². The van der Waals surface area contributed by atoms with Crippen LogP contribution in [0.2, 0.25) is 0 Å². The molecule has 4 aromatic rings.